The molecule has 0 unspecified atom stereocenters. The van der Waals surface area contributed by atoms with Crippen LogP contribution in [0.4, 0.5) is 0 Å². The Morgan fingerprint density at radius 2 is 1.68 bits per heavy atom. The average Bonchev–Trinajstić information content (AvgIpc) is 2.39. The minimum absolute atomic E-state index is 0.00864. The topological polar surface area (TPSA) is 60.4 Å². The summed E-state index contributed by atoms with van der Waals surface area (Å²) in [4.78, 5) is 11.5. The van der Waals surface area contributed by atoms with Gasteiger partial charge in [0.1, 0.15) is 4.90 Å². The molecule has 0 fully saturated rings. The first-order valence-electron chi connectivity index (χ1n) is 6.58. The van der Waals surface area contributed by atoms with Crippen molar-refractivity contribution in [2.45, 2.75) is 50.3 Å². The Kier molecular flexibility index (Phi) is 6.56. The second-order valence-electron chi connectivity index (χ2n) is 4.39. The summed E-state index contributed by atoms with van der Waals surface area (Å²) >= 11 is 0. The van der Waals surface area contributed by atoms with Gasteiger partial charge in [-0.1, -0.05) is 50.8 Å². The van der Waals surface area contributed by atoms with Crippen LogP contribution in [0.1, 0.15) is 45.4 Å². The molecule has 0 amide bonds. The van der Waals surface area contributed by atoms with Crippen molar-refractivity contribution in [2.24, 2.45) is 0 Å². The molecule has 0 radical (unpaired) electrons. The van der Waals surface area contributed by atoms with Gasteiger partial charge in [0, 0.05) is 6.42 Å². The Hall–Kier alpha value is -1.36. The lowest BCUT2D eigenvalue weighted by molar-refractivity contribution is -0.133. The highest BCUT2D eigenvalue weighted by molar-refractivity contribution is 7.87. The SMILES string of the molecule is CCCCCCCC(=O)OS(=O)(=O)c1ccccc1. The van der Waals surface area contributed by atoms with E-state index >= 15 is 0 Å². The Balaban J connectivity index is 2.40. The molecule has 4 nitrogen and oxygen atoms in total. The summed E-state index contributed by atoms with van der Waals surface area (Å²) < 4.78 is 28.0. The van der Waals surface area contributed by atoms with Gasteiger partial charge in [-0.2, -0.15) is 8.42 Å². The van der Waals surface area contributed by atoms with Crippen molar-refractivity contribution >= 4 is 16.1 Å². The zero-order valence-electron chi connectivity index (χ0n) is 11.2. The molecule has 0 bridgehead atoms. The third-order valence-corrected chi connectivity index (χ3v) is 3.97. The zero-order chi connectivity index (χ0) is 14.1. The zero-order valence-corrected chi connectivity index (χ0v) is 12.0. The van der Waals surface area contributed by atoms with Gasteiger partial charge in [0.25, 0.3) is 0 Å². The molecule has 0 heterocycles. The maximum Gasteiger partial charge on any atom is 0.341 e. The molecule has 0 N–H and O–H groups in total. The Morgan fingerprint density at radius 1 is 1.05 bits per heavy atom. The van der Waals surface area contributed by atoms with Gasteiger partial charge in [-0.3, -0.25) is 4.79 Å². The number of carbonyl (C=O) groups excluding carboxylic acids is 1. The fourth-order valence-corrected chi connectivity index (χ4v) is 2.59. The molecule has 19 heavy (non-hydrogen) atoms. The van der Waals surface area contributed by atoms with E-state index in [0.29, 0.717) is 6.42 Å². The monoisotopic (exact) mass is 284 g/mol. The van der Waals surface area contributed by atoms with E-state index < -0.39 is 16.1 Å². The molecule has 0 saturated carbocycles. The fraction of sp³-hybridized carbons (Fsp3) is 0.500. The number of carbonyl (C=O) groups is 1. The number of unbranched alkanes of at least 4 members (excludes halogenated alkanes) is 4. The molecule has 0 aliphatic rings. The Bertz CT molecular complexity index is 479. The average molecular weight is 284 g/mol. The number of hydrogen-bond donors (Lipinski definition) is 0. The van der Waals surface area contributed by atoms with E-state index in [1.54, 1.807) is 18.2 Å². The number of hydrogen-bond acceptors (Lipinski definition) is 4. The molecule has 0 aromatic heterocycles. The van der Waals surface area contributed by atoms with Crippen LogP contribution in [0.3, 0.4) is 0 Å². The van der Waals surface area contributed by atoms with E-state index in [1.165, 1.54) is 12.1 Å². The van der Waals surface area contributed by atoms with Gasteiger partial charge in [0.15, 0.2) is 0 Å². The van der Waals surface area contributed by atoms with E-state index in [2.05, 4.69) is 11.1 Å². The summed E-state index contributed by atoms with van der Waals surface area (Å²) in [5.41, 5.74) is 0. The summed E-state index contributed by atoms with van der Waals surface area (Å²) in [6.07, 6.45) is 5.08. The van der Waals surface area contributed by atoms with Crippen LogP contribution >= 0.6 is 0 Å². The molecule has 0 saturated heterocycles. The maximum absolute atomic E-state index is 11.7. The van der Waals surface area contributed by atoms with E-state index in [0.717, 1.165) is 25.7 Å². The molecule has 106 valence electrons. The Morgan fingerprint density at radius 3 is 2.32 bits per heavy atom. The van der Waals surface area contributed by atoms with E-state index in [-0.39, 0.29) is 11.3 Å². The molecule has 1 aromatic rings. The van der Waals surface area contributed by atoms with Gasteiger partial charge in [-0.05, 0) is 18.6 Å². The van der Waals surface area contributed by atoms with Crippen LogP contribution < -0.4 is 0 Å². The lowest BCUT2D eigenvalue weighted by Crippen LogP contribution is -2.13. The summed E-state index contributed by atoms with van der Waals surface area (Å²) in [5, 5.41) is 0. The van der Waals surface area contributed by atoms with Crippen LogP contribution in [0.15, 0.2) is 35.2 Å². The summed E-state index contributed by atoms with van der Waals surface area (Å²) in [5.74, 6) is -0.680. The molecule has 1 aromatic carbocycles. The molecule has 5 heteroatoms. The van der Waals surface area contributed by atoms with E-state index in [4.69, 9.17) is 0 Å². The van der Waals surface area contributed by atoms with Crippen molar-refractivity contribution in [2.75, 3.05) is 0 Å². The standard InChI is InChI=1S/C14H20O4S/c1-2-3-4-5-9-12-14(15)18-19(16,17)13-10-7-6-8-11-13/h6-8,10-11H,2-5,9,12H2,1H3. The molecule has 1 rings (SSSR count). The molecule has 0 aliphatic heterocycles. The molecular formula is C14H20O4S. The van der Waals surface area contributed by atoms with Gasteiger partial charge in [-0.15, -0.1) is 0 Å². The lowest BCUT2D eigenvalue weighted by Gasteiger charge is -2.05. The van der Waals surface area contributed by atoms with Gasteiger partial charge in [0.05, 0.1) is 0 Å². The minimum atomic E-state index is -3.96. The van der Waals surface area contributed by atoms with Gasteiger partial charge < -0.3 is 4.18 Å². The third-order valence-electron chi connectivity index (χ3n) is 2.72. The first-order valence-corrected chi connectivity index (χ1v) is 7.99. The van der Waals surface area contributed by atoms with Crippen LogP contribution in [0.5, 0.6) is 0 Å². The highest BCUT2D eigenvalue weighted by Crippen LogP contribution is 2.13. The van der Waals surface area contributed by atoms with E-state index in [1.807, 2.05) is 0 Å². The van der Waals surface area contributed by atoms with Crippen molar-refractivity contribution in [3.8, 4) is 0 Å². The summed E-state index contributed by atoms with van der Waals surface area (Å²) in [7, 11) is -3.96. The van der Waals surface area contributed by atoms with Crippen molar-refractivity contribution in [3.05, 3.63) is 30.3 Å². The number of rotatable bonds is 8. The highest BCUT2D eigenvalue weighted by Gasteiger charge is 2.19. The van der Waals surface area contributed by atoms with Crippen molar-refractivity contribution < 1.29 is 17.4 Å². The minimum Gasteiger partial charge on any atom is -0.342 e. The van der Waals surface area contributed by atoms with Crippen molar-refractivity contribution in [1.82, 2.24) is 0 Å². The summed E-state index contributed by atoms with van der Waals surface area (Å²) in [6, 6.07) is 7.69. The highest BCUT2D eigenvalue weighted by atomic mass is 32.2. The van der Waals surface area contributed by atoms with Gasteiger partial charge in [-0.25, -0.2) is 0 Å². The van der Waals surface area contributed by atoms with Gasteiger partial charge in [0.2, 0.25) is 0 Å². The van der Waals surface area contributed by atoms with E-state index in [9.17, 15) is 13.2 Å². The Labute approximate surface area is 114 Å². The first-order chi connectivity index (χ1) is 9.06. The predicted octanol–water partition coefficient (Wildman–Crippen LogP) is 3.28. The maximum atomic E-state index is 11.7. The molecule has 0 aliphatic carbocycles. The largest absolute Gasteiger partial charge is 0.342 e. The quantitative estimate of drug-likeness (QED) is 0.543. The number of benzene rings is 1. The molecule has 0 atom stereocenters. The van der Waals surface area contributed by atoms with Crippen molar-refractivity contribution in [1.29, 1.82) is 0 Å². The fourth-order valence-electron chi connectivity index (χ4n) is 1.67. The normalized spacial score (nSPS) is 11.2. The lowest BCUT2D eigenvalue weighted by atomic mass is 10.1. The smallest absolute Gasteiger partial charge is 0.341 e. The first kappa shape index (κ1) is 15.7. The van der Waals surface area contributed by atoms with Crippen LogP contribution in [-0.2, 0) is 19.1 Å². The summed E-state index contributed by atoms with van der Waals surface area (Å²) in [6.45, 7) is 2.11. The third kappa shape index (κ3) is 5.87. The molecular weight excluding hydrogens is 264 g/mol. The second-order valence-corrected chi connectivity index (χ2v) is 5.93. The van der Waals surface area contributed by atoms with Crippen LogP contribution in [0, 0.1) is 0 Å². The van der Waals surface area contributed by atoms with Crippen LogP contribution in [0.25, 0.3) is 0 Å². The van der Waals surface area contributed by atoms with Crippen molar-refractivity contribution in [3.63, 3.8) is 0 Å². The van der Waals surface area contributed by atoms with Crippen LogP contribution in [0.2, 0.25) is 0 Å². The molecule has 0 spiro atoms. The second kappa shape index (κ2) is 7.94. The van der Waals surface area contributed by atoms with Crippen LogP contribution in [-0.4, -0.2) is 14.4 Å². The van der Waals surface area contributed by atoms with Gasteiger partial charge >= 0.3 is 16.1 Å². The predicted molar refractivity (Wildman–Crippen MR) is 73.1 cm³/mol.